The molecule has 5 nitrogen and oxygen atoms in total. The summed E-state index contributed by atoms with van der Waals surface area (Å²) in [6.45, 7) is -0.145. The fourth-order valence-corrected chi connectivity index (χ4v) is 2.29. The molecule has 24 heavy (non-hydrogen) atoms. The molecule has 0 atom stereocenters. The van der Waals surface area contributed by atoms with Crippen molar-refractivity contribution >= 4 is 29.1 Å². The molecule has 6 heteroatoms. The quantitative estimate of drug-likeness (QED) is 0.845. The fraction of sp³-hybridized carbons (Fsp3) is 0.222. The van der Waals surface area contributed by atoms with Crippen LogP contribution in [0.15, 0.2) is 48.5 Å². The normalized spacial score (nSPS) is 13.2. The van der Waals surface area contributed by atoms with Crippen molar-refractivity contribution in [3.05, 3.63) is 59.1 Å². The lowest BCUT2D eigenvalue weighted by Gasteiger charge is -2.09. The van der Waals surface area contributed by atoms with E-state index in [4.69, 9.17) is 16.3 Å². The molecule has 124 valence electrons. The second kappa shape index (κ2) is 7.36. The van der Waals surface area contributed by atoms with Crippen LogP contribution in [0.25, 0.3) is 0 Å². The molecule has 2 amide bonds. The number of anilines is 1. The summed E-state index contributed by atoms with van der Waals surface area (Å²) in [6, 6.07) is 14.0. The zero-order valence-electron chi connectivity index (χ0n) is 12.9. The summed E-state index contributed by atoms with van der Waals surface area (Å²) in [6.07, 6.45) is 2.09. The molecule has 2 aromatic rings. The summed E-state index contributed by atoms with van der Waals surface area (Å²) in [7, 11) is 0. The van der Waals surface area contributed by atoms with Crippen molar-refractivity contribution < 1.29 is 14.3 Å². The lowest BCUT2D eigenvalue weighted by molar-refractivity contribution is -0.118. The molecule has 0 aromatic heterocycles. The number of nitrogens with one attached hydrogen (secondary N) is 2. The molecule has 1 saturated carbocycles. The zero-order valence-corrected chi connectivity index (χ0v) is 13.7. The first-order valence-corrected chi connectivity index (χ1v) is 8.08. The van der Waals surface area contributed by atoms with E-state index in [1.165, 1.54) is 0 Å². The molecule has 1 aliphatic rings. The number of ether oxygens (including phenoxy) is 1. The first-order valence-electron chi connectivity index (χ1n) is 7.70. The second-order valence-corrected chi connectivity index (χ2v) is 6.00. The van der Waals surface area contributed by atoms with Crippen LogP contribution in [-0.2, 0) is 4.79 Å². The molecule has 1 aliphatic carbocycles. The highest BCUT2D eigenvalue weighted by molar-refractivity contribution is 6.32. The van der Waals surface area contributed by atoms with Crippen LogP contribution in [0.4, 0.5) is 5.69 Å². The van der Waals surface area contributed by atoms with Crippen LogP contribution in [0.1, 0.15) is 23.2 Å². The molecule has 3 rings (SSSR count). The predicted molar refractivity (Wildman–Crippen MR) is 92.5 cm³/mol. The predicted octanol–water partition coefficient (Wildman–Crippen LogP) is 3.25. The average molecular weight is 345 g/mol. The third-order valence-electron chi connectivity index (χ3n) is 3.54. The summed E-state index contributed by atoms with van der Waals surface area (Å²) < 4.78 is 5.38. The van der Waals surface area contributed by atoms with E-state index in [2.05, 4.69) is 10.6 Å². The third kappa shape index (κ3) is 4.49. The van der Waals surface area contributed by atoms with Crippen molar-refractivity contribution in [2.75, 3.05) is 11.9 Å². The maximum atomic E-state index is 11.9. The van der Waals surface area contributed by atoms with Gasteiger partial charge in [-0.1, -0.05) is 23.7 Å². The topological polar surface area (TPSA) is 67.4 Å². The number of amides is 2. The molecule has 0 spiro atoms. The van der Waals surface area contributed by atoms with Crippen LogP contribution < -0.4 is 15.4 Å². The van der Waals surface area contributed by atoms with Gasteiger partial charge >= 0.3 is 0 Å². The number of rotatable bonds is 6. The summed E-state index contributed by atoms with van der Waals surface area (Å²) in [5, 5.41) is 6.08. The smallest absolute Gasteiger partial charge is 0.262 e. The molecule has 0 unspecified atom stereocenters. The van der Waals surface area contributed by atoms with E-state index in [9.17, 15) is 9.59 Å². The Kier molecular flexibility index (Phi) is 5.01. The maximum Gasteiger partial charge on any atom is 0.262 e. The van der Waals surface area contributed by atoms with Gasteiger partial charge in [0.1, 0.15) is 5.75 Å². The molecule has 0 bridgehead atoms. The summed E-state index contributed by atoms with van der Waals surface area (Å²) in [4.78, 5) is 23.8. The van der Waals surface area contributed by atoms with Crippen LogP contribution in [0.5, 0.6) is 5.75 Å². The van der Waals surface area contributed by atoms with Crippen LogP contribution in [-0.4, -0.2) is 24.5 Å². The van der Waals surface area contributed by atoms with Crippen molar-refractivity contribution in [1.29, 1.82) is 0 Å². The van der Waals surface area contributed by atoms with E-state index in [1.807, 2.05) is 0 Å². The number of hydrogen-bond donors (Lipinski definition) is 2. The lowest BCUT2D eigenvalue weighted by Crippen LogP contribution is -2.25. The van der Waals surface area contributed by atoms with Crippen molar-refractivity contribution in [2.45, 2.75) is 18.9 Å². The van der Waals surface area contributed by atoms with Crippen molar-refractivity contribution in [2.24, 2.45) is 0 Å². The summed E-state index contributed by atoms with van der Waals surface area (Å²) in [5.41, 5.74) is 1.18. The Balaban J connectivity index is 1.50. The number of halogens is 1. The van der Waals surface area contributed by atoms with Gasteiger partial charge in [-0.15, -0.1) is 0 Å². The SMILES string of the molecule is O=C(COc1ccccc1Cl)Nc1ccc(C(=O)NC2CC2)cc1. The Morgan fingerprint density at radius 1 is 1.08 bits per heavy atom. The van der Waals surface area contributed by atoms with Gasteiger partial charge in [0.15, 0.2) is 6.61 Å². The van der Waals surface area contributed by atoms with Gasteiger partial charge in [0, 0.05) is 17.3 Å². The summed E-state index contributed by atoms with van der Waals surface area (Å²) in [5.74, 6) is 0.0731. The molecular weight excluding hydrogens is 328 g/mol. The Bertz CT molecular complexity index is 742. The minimum absolute atomic E-state index is 0.0857. The molecule has 0 heterocycles. The maximum absolute atomic E-state index is 11.9. The molecule has 0 saturated heterocycles. The minimum atomic E-state index is -0.301. The molecule has 0 radical (unpaired) electrons. The van der Waals surface area contributed by atoms with Crippen LogP contribution in [0.3, 0.4) is 0 Å². The van der Waals surface area contributed by atoms with E-state index in [0.717, 1.165) is 12.8 Å². The number of carbonyl (C=O) groups excluding carboxylic acids is 2. The molecule has 0 aliphatic heterocycles. The van der Waals surface area contributed by atoms with Gasteiger partial charge in [0.2, 0.25) is 0 Å². The molecular formula is C18H17ClN2O3. The van der Waals surface area contributed by atoms with Crippen molar-refractivity contribution in [1.82, 2.24) is 5.32 Å². The number of para-hydroxylation sites is 1. The van der Waals surface area contributed by atoms with Crippen LogP contribution in [0.2, 0.25) is 5.02 Å². The van der Waals surface area contributed by atoms with Gasteiger partial charge in [-0.05, 0) is 49.2 Å². The lowest BCUT2D eigenvalue weighted by atomic mass is 10.2. The van der Waals surface area contributed by atoms with Crippen molar-refractivity contribution in [3.63, 3.8) is 0 Å². The average Bonchev–Trinajstić information content (AvgIpc) is 3.39. The fourth-order valence-electron chi connectivity index (χ4n) is 2.10. The van der Waals surface area contributed by atoms with Crippen LogP contribution >= 0.6 is 11.6 Å². The van der Waals surface area contributed by atoms with Gasteiger partial charge in [-0.25, -0.2) is 0 Å². The summed E-state index contributed by atoms with van der Waals surface area (Å²) >= 11 is 5.96. The molecule has 2 aromatic carbocycles. The standard InChI is InChI=1S/C18H17ClN2O3/c19-15-3-1-2-4-16(15)24-11-17(22)20-13-7-5-12(6-8-13)18(23)21-14-9-10-14/h1-8,14H,9-11H2,(H,20,22)(H,21,23). The first kappa shape index (κ1) is 16.3. The Morgan fingerprint density at radius 3 is 2.46 bits per heavy atom. The van der Waals surface area contributed by atoms with Crippen LogP contribution in [0, 0.1) is 0 Å². The largest absolute Gasteiger partial charge is 0.482 e. The van der Waals surface area contributed by atoms with Gasteiger partial charge in [-0.2, -0.15) is 0 Å². The Hall–Kier alpha value is -2.53. The number of carbonyl (C=O) groups is 2. The van der Waals surface area contributed by atoms with E-state index in [-0.39, 0.29) is 18.4 Å². The van der Waals surface area contributed by atoms with Gasteiger partial charge in [-0.3, -0.25) is 9.59 Å². The molecule has 2 N–H and O–H groups in total. The van der Waals surface area contributed by atoms with E-state index < -0.39 is 0 Å². The highest BCUT2D eigenvalue weighted by atomic mass is 35.5. The Labute approximate surface area is 145 Å². The molecule has 1 fully saturated rings. The monoisotopic (exact) mass is 344 g/mol. The van der Waals surface area contributed by atoms with E-state index >= 15 is 0 Å². The highest BCUT2D eigenvalue weighted by Gasteiger charge is 2.23. The number of benzene rings is 2. The van der Waals surface area contributed by atoms with Gasteiger partial charge in [0.25, 0.3) is 11.8 Å². The van der Waals surface area contributed by atoms with Gasteiger partial charge in [0.05, 0.1) is 5.02 Å². The van der Waals surface area contributed by atoms with E-state index in [0.29, 0.717) is 28.1 Å². The first-order chi connectivity index (χ1) is 11.6. The van der Waals surface area contributed by atoms with E-state index in [1.54, 1.807) is 48.5 Å². The Morgan fingerprint density at radius 2 is 1.79 bits per heavy atom. The minimum Gasteiger partial charge on any atom is -0.482 e. The third-order valence-corrected chi connectivity index (χ3v) is 3.85. The second-order valence-electron chi connectivity index (χ2n) is 5.59. The highest BCUT2D eigenvalue weighted by Crippen LogP contribution is 2.23. The van der Waals surface area contributed by atoms with Crippen molar-refractivity contribution in [3.8, 4) is 5.75 Å². The van der Waals surface area contributed by atoms with Gasteiger partial charge < -0.3 is 15.4 Å². The zero-order chi connectivity index (χ0) is 16.9. The number of hydrogen-bond acceptors (Lipinski definition) is 3.